The second kappa shape index (κ2) is 2.37. The van der Waals surface area contributed by atoms with Gasteiger partial charge in [-0.25, -0.2) is 0 Å². The van der Waals surface area contributed by atoms with Crippen LogP contribution in [0.1, 0.15) is 25.5 Å². The van der Waals surface area contributed by atoms with Crippen molar-refractivity contribution in [3.05, 3.63) is 24.2 Å². The van der Waals surface area contributed by atoms with Gasteiger partial charge in [0.1, 0.15) is 5.76 Å². The average molecular weight is 180 g/mol. The number of hydrogen-bond donors (Lipinski definition) is 1. The van der Waals surface area contributed by atoms with Crippen molar-refractivity contribution < 1.29 is 14.3 Å². The highest BCUT2D eigenvalue weighted by Crippen LogP contribution is 2.64. The molecule has 0 aromatic carbocycles. The molecule has 70 valence electrons. The van der Waals surface area contributed by atoms with Crippen LogP contribution in [0.3, 0.4) is 0 Å². The fourth-order valence-corrected chi connectivity index (χ4v) is 2.10. The lowest BCUT2D eigenvalue weighted by molar-refractivity contribution is -0.139. The largest absolute Gasteiger partial charge is 0.481 e. The topological polar surface area (TPSA) is 50.4 Å². The van der Waals surface area contributed by atoms with Crippen molar-refractivity contribution in [2.45, 2.75) is 19.8 Å². The Morgan fingerprint density at radius 2 is 2.31 bits per heavy atom. The van der Waals surface area contributed by atoms with Gasteiger partial charge in [-0.15, -0.1) is 0 Å². The molecule has 1 aromatic heterocycles. The number of aliphatic carboxylic acids is 1. The molecule has 1 N–H and O–H groups in total. The first-order chi connectivity index (χ1) is 6.05. The number of carboxylic acid groups (broad SMARTS) is 1. The van der Waals surface area contributed by atoms with Crippen LogP contribution in [0, 0.1) is 11.3 Å². The Morgan fingerprint density at radius 1 is 1.62 bits per heavy atom. The van der Waals surface area contributed by atoms with E-state index in [1.165, 1.54) is 0 Å². The highest BCUT2D eigenvalue weighted by molar-refractivity contribution is 5.77. The zero-order valence-corrected chi connectivity index (χ0v) is 7.65. The minimum Gasteiger partial charge on any atom is -0.481 e. The fourth-order valence-electron chi connectivity index (χ4n) is 2.10. The lowest BCUT2D eigenvalue weighted by Gasteiger charge is -1.97. The Kier molecular flexibility index (Phi) is 1.53. The maximum absolute atomic E-state index is 10.8. The molecule has 2 rings (SSSR count). The number of hydrogen-bond acceptors (Lipinski definition) is 2. The molecule has 3 nitrogen and oxygen atoms in total. The van der Waals surface area contributed by atoms with Crippen molar-refractivity contribution in [3.63, 3.8) is 0 Å². The van der Waals surface area contributed by atoms with Crippen molar-refractivity contribution in [2.75, 3.05) is 0 Å². The summed E-state index contributed by atoms with van der Waals surface area (Å²) < 4.78 is 5.21. The first-order valence-corrected chi connectivity index (χ1v) is 4.31. The molecule has 1 saturated carbocycles. The minimum absolute atomic E-state index is 0.0417. The van der Waals surface area contributed by atoms with E-state index >= 15 is 0 Å². The highest BCUT2D eigenvalue weighted by Gasteiger charge is 2.64. The molecular weight excluding hydrogens is 168 g/mol. The lowest BCUT2D eigenvalue weighted by Crippen LogP contribution is -2.02. The SMILES string of the molecule is CC1(C)[C@H](C(=O)O)[C@H]1c1ccco1. The van der Waals surface area contributed by atoms with Gasteiger partial charge in [-0.05, 0) is 17.5 Å². The van der Waals surface area contributed by atoms with Crippen molar-refractivity contribution in [1.82, 2.24) is 0 Å². The van der Waals surface area contributed by atoms with Crippen molar-refractivity contribution in [1.29, 1.82) is 0 Å². The van der Waals surface area contributed by atoms with E-state index in [4.69, 9.17) is 9.52 Å². The van der Waals surface area contributed by atoms with E-state index in [0.29, 0.717) is 0 Å². The van der Waals surface area contributed by atoms with Gasteiger partial charge in [0.15, 0.2) is 0 Å². The summed E-state index contributed by atoms with van der Waals surface area (Å²) in [5.41, 5.74) is -0.163. The van der Waals surface area contributed by atoms with E-state index in [1.54, 1.807) is 12.3 Å². The summed E-state index contributed by atoms with van der Waals surface area (Å²) in [6, 6.07) is 3.64. The first-order valence-electron chi connectivity index (χ1n) is 4.31. The van der Waals surface area contributed by atoms with Crippen LogP contribution >= 0.6 is 0 Å². The zero-order valence-electron chi connectivity index (χ0n) is 7.65. The molecule has 13 heavy (non-hydrogen) atoms. The van der Waals surface area contributed by atoms with Crippen LogP contribution in [0.2, 0.25) is 0 Å². The fraction of sp³-hybridized carbons (Fsp3) is 0.500. The average Bonchev–Trinajstić information content (AvgIpc) is 2.50. The van der Waals surface area contributed by atoms with Gasteiger partial charge in [0.25, 0.3) is 0 Å². The Bertz CT molecular complexity index is 324. The van der Waals surface area contributed by atoms with Crippen molar-refractivity contribution in [3.8, 4) is 0 Å². The van der Waals surface area contributed by atoms with E-state index < -0.39 is 5.97 Å². The first kappa shape index (κ1) is 8.35. The van der Waals surface area contributed by atoms with E-state index in [-0.39, 0.29) is 17.3 Å². The number of rotatable bonds is 2. The summed E-state index contributed by atoms with van der Waals surface area (Å²) in [4.78, 5) is 10.8. The van der Waals surface area contributed by atoms with Crippen LogP contribution in [-0.2, 0) is 4.79 Å². The monoisotopic (exact) mass is 180 g/mol. The normalized spacial score (nSPS) is 30.0. The van der Waals surface area contributed by atoms with Gasteiger partial charge in [-0.3, -0.25) is 4.79 Å². The second-order valence-electron chi connectivity index (χ2n) is 4.13. The third-order valence-electron chi connectivity index (χ3n) is 2.94. The lowest BCUT2D eigenvalue weighted by atomic mass is 10.1. The van der Waals surface area contributed by atoms with E-state index in [0.717, 1.165) is 5.76 Å². The summed E-state index contributed by atoms with van der Waals surface area (Å²) in [7, 11) is 0. The molecule has 0 radical (unpaired) electrons. The maximum atomic E-state index is 10.8. The second-order valence-corrected chi connectivity index (χ2v) is 4.13. The molecule has 1 aliphatic rings. The summed E-state index contributed by atoms with van der Waals surface area (Å²) in [6.07, 6.45) is 1.59. The van der Waals surface area contributed by atoms with E-state index in [1.807, 2.05) is 19.9 Å². The van der Waals surface area contributed by atoms with Gasteiger partial charge in [0.2, 0.25) is 0 Å². The molecule has 0 saturated heterocycles. The van der Waals surface area contributed by atoms with Crippen LogP contribution in [0.25, 0.3) is 0 Å². The van der Waals surface area contributed by atoms with Gasteiger partial charge in [-0.2, -0.15) is 0 Å². The molecule has 0 amide bonds. The van der Waals surface area contributed by atoms with Gasteiger partial charge in [0.05, 0.1) is 12.2 Å². The Morgan fingerprint density at radius 3 is 2.69 bits per heavy atom. The number of carbonyl (C=O) groups is 1. The predicted molar refractivity (Wildman–Crippen MR) is 46.4 cm³/mol. The molecule has 0 unspecified atom stereocenters. The Hall–Kier alpha value is -1.25. The summed E-state index contributed by atoms with van der Waals surface area (Å²) in [6.45, 7) is 3.91. The van der Waals surface area contributed by atoms with Crippen LogP contribution in [0.15, 0.2) is 22.8 Å². The Labute approximate surface area is 76.4 Å². The molecule has 1 aliphatic carbocycles. The van der Waals surface area contributed by atoms with E-state index in [9.17, 15) is 4.79 Å². The van der Waals surface area contributed by atoms with Gasteiger partial charge in [0, 0.05) is 5.92 Å². The van der Waals surface area contributed by atoms with Crippen LogP contribution < -0.4 is 0 Å². The molecule has 0 aliphatic heterocycles. The molecular formula is C10H12O3. The van der Waals surface area contributed by atoms with Crippen molar-refractivity contribution in [2.24, 2.45) is 11.3 Å². The zero-order chi connectivity index (χ0) is 9.64. The molecule has 0 spiro atoms. The highest BCUT2D eigenvalue weighted by atomic mass is 16.4. The smallest absolute Gasteiger partial charge is 0.307 e. The third kappa shape index (κ3) is 1.07. The molecule has 1 fully saturated rings. The Balaban J connectivity index is 2.25. The van der Waals surface area contributed by atoms with Gasteiger partial charge < -0.3 is 9.52 Å². The predicted octanol–water partition coefficient (Wildman–Crippen LogP) is 2.10. The van der Waals surface area contributed by atoms with Crippen molar-refractivity contribution >= 4 is 5.97 Å². The van der Waals surface area contributed by atoms with Gasteiger partial charge >= 0.3 is 5.97 Å². The molecule has 1 aromatic rings. The summed E-state index contributed by atoms with van der Waals surface area (Å²) in [5.74, 6) is -0.192. The molecule has 1 heterocycles. The van der Waals surface area contributed by atoms with Gasteiger partial charge in [-0.1, -0.05) is 13.8 Å². The quantitative estimate of drug-likeness (QED) is 0.758. The minimum atomic E-state index is -0.730. The van der Waals surface area contributed by atoms with Crippen LogP contribution in [0.4, 0.5) is 0 Å². The summed E-state index contributed by atoms with van der Waals surface area (Å²) >= 11 is 0. The number of furan rings is 1. The molecule has 2 atom stereocenters. The third-order valence-corrected chi connectivity index (χ3v) is 2.94. The van der Waals surface area contributed by atoms with Crippen LogP contribution in [0.5, 0.6) is 0 Å². The summed E-state index contributed by atoms with van der Waals surface area (Å²) in [5, 5.41) is 8.92. The molecule has 0 bridgehead atoms. The standard InChI is InChI=1S/C10H12O3/c1-10(2)7(8(10)9(11)12)6-4-3-5-13-6/h3-5,7-8H,1-2H3,(H,11,12)/t7-,8+/m1/s1. The molecule has 3 heteroatoms. The maximum Gasteiger partial charge on any atom is 0.307 e. The number of carboxylic acids is 1. The van der Waals surface area contributed by atoms with Crippen LogP contribution in [-0.4, -0.2) is 11.1 Å². The van der Waals surface area contributed by atoms with E-state index in [2.05, 4.69) is 0 Å².